The van der Waals surface area contributed by atoms with Gasteiger partial charge in [0.2, 0.25) is 10.0 Å². The molecule has 1 aliphatic rings. The number of hydrogen-bond donors (Lipinski definition) is 1. The van der Waals surface area contributed by atoms with Gasteiger partial charge >= 0.3 is 0 Å². The second-order valence-electron chi connectivity index (χ2n) is 6.29. The summed E-state index contributed by atoms with van der Waals surface area (Å²) in [6, 6.07) is 10.5. The molecule has 1 N–H and O–H groups in total. The van der Waals surface area contributed by atoms with Gasteiger partial charge in [-0.05, 0) is 42.3 Å². The molecule has 0 atom stereocenters. The Labute approximate surface area is 158 Å². The Morgan fingerprint density at radius 3 is 2.59 bits per heavy atom. The van der Waals surface area contributed by atoms with Crippen molar-refractivity contribution in [1.29, 1.82) is 0 Å². The fraction of sp³-hybridized carbons (Fsp3) is 0.316. The second-order valence-corrected chi connectivity index (χ2v) is 8.20. The van der Waals surface area contributed by atoms with E-state index < -0.39 is 10.0 Å². The average molecular weight is 390 g/mol. The van der Waals surface area contributed by atoms with Crippen molar-refractivity contribution in [3.05, 3.63) is 53.1 Å². The fourth-order valence-electron chi connectivity index (χ4n) is 3.13. The number of anilines is 1. The molecule has 0 bridgehead atoms. The van der Waals surface area contributed by atoms with E-state index in [1.54, 1.807) is 44.6 Å². The molecule has 144 valence electrons. The van der Waals surface area contributed by atoms with E-state index in [0.29, 0.717) is 35.7 Å². The zero-order valence-electron chi connectivity index (χ0n) is 15.5. The third-order valence-corrected chi connectivity index (χ3v) is 5.71. The molecule has 1 amide bonds. The van der Waals surface area contributed by atoms with Crippen LogP contribution in [-0.2, 0) is 23.0 Å². The van der Waals surface area contributed by atoms with Gasteiger partial charge < -0.3 is 14.8 Å². The summed E-state index contributed by atoms with van der Waals surface area (Å²) in [6.07, 6.45) is 1.81. The van der Waals surface area contributed by atoms with Gasteiger partial charge in [0.05, 0.1) is 26.2 Å². The lowest BCUT2D eigenvalue weighted by atomic mass is 10.1. The number of fused-ring (bicyclic) bond motifs is 1. The number of rotatable bonds is 6. The van der Waals surface area contributed by atoms with Crippen LogP contribution in [0.15, 0.2) is 36.4 Å². The van der Waals surface area contributed by atoms with Crippen molar-refractivity contribution >= 4 is 21.6 Å². The highest BCUT2D eigenvalue weighted by Crippen LogP contribution is 2.31. The molecule has 1 aliphatic heterocycles. The van der Waals surface area contributed by atoms with E-state index in [4.69, 9.17) is 9.47 Å². The van der Waals surface area contributed by atoms with Crippen LogP contribution >= 0.6 is 0 Å². The van der Waals surface area contributed by atoms with Crippen molar-refractivity contribution in [2.75, 3.05) is 31.3 Å². The number of ether oxygens (including phenoxy) is 2. The number of sulfonamides is 1. The third kappa shape index (κ3) is 4.00. The first-order valence-corrected chi connectivity index (χ1v) is 10.3. The van der Waals surface area contributed by atoms with Gasteiger partial charge in [-0.25, -0.2) is 8.42 Å². The molecular weight excluding hydrogens is 368 g/mol. The van der Waals surface area contributed by atoms with Crippen molar-refractivity contribution in [3.63, 3.8) is 0 Å². The summed E-state index contributed by atoms with van der Waals surface area (Å²) in [6.45, 7) is 0.659. The Kier molecular flexibility index (Phi) is 5.27. The molecule has 2 aromatic carbocycles. The molecule has 7 nitrogen and oxygen atoms in total. The number of benzene rings is 2. The number of carbonyl (C=O) groups is 1. The Bertz CT molecular complexity index is 972. The fourth-order valence-corrected chi connectivity index (χ4v) is 4.08. The smallest absolute Gasteiger partial charge is 0.251 e. The molecule has 0 unspecified atom stereocenters. The van der Waals surface area contributed by atoms with E-state index in [2.05, 4.69) is 5.32 Å². The summed E-state index contributed by atoms with van der Waals surface area (Å²) in [5.41, 5.74) is 2.69. The Hall–Kier alpha value is -2.74. The number of nitrogens with zero attached hydrogens (tertiary/aromatic N) is 1. The minimum atomic E-state index is -3.36. The quantitative estimate of drug-likeness (QED) is 0.815. The number of amides is 1. The van der Waals surface area contributed by atoms with Crippen LogP contribution in [0.5, 0.6) is 11.5 Å². The highest BCUT2D eigenvalue weighted by molar-refractivity contribution is 7.92. The summed E-state index contributed by atoms with van der Waals surface area (Å²) in [5, 5.41) is 2.84. The predicted octanol–water partition coefficient (Wildman–Crippen LogP) is 1.96. The highest BCUT2D eigenvalue weighted by Gasteiger charge is 2.27. The molecule has 0 aromatic heterocycles. The SMILES string of the molecule is COc1ccc(OC)c(CNC(=O)c2ccc3c(c2)N(S(C)(=O)=O)CC3)c1. The van der Waals surface area contributed by atoms with E-state index in [-0.39, 0.29) is 12.5 Å². The maximum absolute atomic E-state index is 12.6. The first-order valence-electron chi connectivity index (χ1n) is 8.43. The van der Waals surface area contributed by atoms with Crippen LogP contribution in [0.4, 0.5) is 5.69 Å². The van der Waals surface area contributed by atoms with Gasteiger partial charge in [0.15, 0.2) is 0 Å². The van der Waals surface area contributed by atoms with Crippen LogP contribution in [0.25, 0.3) is 0 Å². The standard InChI is InChI=1S/C19H22N2O5S/c1-25-16-6-7-18(26-2)15(10-16)12-20-19(22)14-5-4-13-8-9-21(17(13)11-14)27(3,23)24/h4-7,10-11H,8-9,12H2,1-3H3,(H,20,22). The third-order valence-electron chi connectivity index (χ3n) is 4.53. The van der Waals surface area contributed by atoms with Crippen molar-refractivity contribution in [1.82, 2.24) is 5.32 Å². The van der Waals surface area contributed by atoms with Crippen molar-refractivity contribution in [2.45, 2.75) is 13.0 Å². The first-order chi connectivity index (χ1) is 12.8. The molecule has 8 heteroatoms. The molecule has 27 heavy (non-hydrogen) atoms. The Morgan fingerprint density at radius 1 is 1.15 bits per heavy atom. The molecule has 1 heterocycles. The molecule has 0 spiro atoms. The lowest BCUT2D eigenvalue weighted by molar-refractivity contribution is 0.0950. The average Bonchev–Trinajstić information content (AvgIpc) is 3.09. The summed E-state index contributed by atoms with van der Waals surface area (Å²) in [7, 11) is -0.225. The van der Waals surface area contributed by atoms with Crippen molar-refractivity contribution in [2.24, 2.45) is 0 Å². The first kappa shape index (κ1) is 19.0. The highest BCUT2D eigenvalue weighted by atomic mass is 32.2. The van der Waals surface area contributed by atoms with Crippen molar-refractivity contribution < 1.29 is 22.7 Å². The van der Waals surface area contributed by atoms with Crippen molar-refractivity contribution in [3.8, 4) is 11.5 Å². The minimum absolute atomic E-state index is 0.256. The molecule has 3 rings (SSSR count). The van der Waals surface area contributed by atoms with E-state index in [0.717, 1.165) is 11.1 Å². The van der Waals surface area contributed by atoms with Crippen LogP contribution in [0.1, 0.15) is 21.5 Å². The number of hydrogen-bond acceptors (Lipinski definition) is 5. The zero-order chi connectivity index (χ0) is 19.6. The molecule has 0 radical (unpaired) electrons. The zero-order valence-corrected chi connectivity index (χ0v) is 16.3. The van der Waals surface area contributed by atoms with Gasteiger partial charge in [-0.1, -0.05) is 6.07 Å². The predicted molar refractivity (Wildman–Crippen MR) is 103 cm³/mol. The van der Waals surface area contributed by atoms with E-state index in [9.17, 15) is 13.2 Å². The number of nitrogens with one attached hydrogen (secondary N) is 1. The topological polar surface area (TPSA) is 84.9 Å². The van der Waals surface area contributed by atoms with Gasteiger partial charge in [-0.3, -0.25) is 9.10 Å². The van der Waals surface area contributed by atoms with E-state index in [1.165, 1.54) is 10.6 Å². The van der Waals surface area contributed by atoms with Crippen LogP contribution in [-0.4, -0.2) is 41.3 Å². The minimum Gasteiger partial charge on any atom is -0.497 e. The molecule has 0 saturated heterocycles. The van der Waals surface area contributed by atoms with Gasteiger partial charge in [0.1, 0.15) is 11.5 Å². The number of carbonyl (C=O) groups excluding carboxylic acids is 1. The molecule has 0 saturated carbocycles. The molecule has 2 aromatic rings. The van der Waals surface area contributed by atoms with E-state index >= 15 is 0 Å². The van der Waals surface area contributed by atoms with Crippen LogP contribution in [0.2, 0.25) is 0 Å². The van der Waals surface area contributed by atoms with Gasteiger partial charge in [0.25, 0.3) is 5.91 Å². The second kappa shape index (κ2) is 7.48. The summed E-state index contributed by atoms with van der Waals surface area (Å²) in [5.74, 6) is 1.03. The lowest BCUT2D eigenvalue weighted by Crippen LogP contribution is -2.28. The summed E-state index contributed by atoms with van der Waals surface area (Å²) < 4.78 is 35.7. The van der Waals surface area contributed by atoms with Crippen LogP contribution in [0, 0.1) is 0 Å². The summed E-state index contributed by atoms with van der Waals surface area (Å²) >= 11 is 0. The Morgan fingerprint density at radius 2 is 1.93 bits per heavy atom. The maximum atomic E-state index is 12.6. The monoisotopic (exact) mass is 390 g/mol. The van der Waals surface area contributed by atoms with Gasteiger partial charge in [0, 0.05) is 24.2 Å². The maximum Gasteiger partial charge on any atom is 0.251 e. The normalized spacial score (nSPS) is 13.2. The molecule has 0 fully saturated rings. The lowest BCUT2D eigenvalue weighted by Gasteiger charge is -2.17. The summed E-state index contributed by atoms with van der Waals surface area (Å²) in [4.78, 5) is 12.6. The van der Waals surface area contributed by atoms with E-state index in [1.807, 2.05) is 6.07 Å². The van der Waals surface area contributed by atoms with Gasteiger partial charge in [-0.2, -0.15) is 0 Å². The largest absolute Gasteiger partial charge is 0.497 e. The number of methoxy groups -OCH3 is 2. The van der Waals surface area contributed by atoms with Crippen LogP contribution < -0.4 is 19.1 Å². The van der Waals surface area contributed by atoms with Crippen LogP contribution in [0.3, 0.4) is 0 Å². The molecule has 0 aliphatic carbocycles. The molecular formula is C19H22N2O5S. The Balaban J connectivity index is 1.78. The van der Waals surface area contributed by atoms with Gasteiger partial charge in [-0.15, -0.1) is 0 Å².